The van der Waals surface area contributed by atoms with E-state index in [1.807, 2.05) is 50.5 Å². The minimum atomic E-state index is -0.244. The predicted molar refractivity (Wildman–Crippen MR) is 193 cm³/mol. The number of nitrogens with one attached hydrogen (secondary N) is 2. The van der Waals surface area contributed by atoms with Gasteiger partial charge in [-0.25, -0.2) is 0 Å². The first-order valence-corrected chi connectivity index (χ1v) is 16.0. The van der Waals surface area contributed by atoms with Crippen LogP contribution >= 0.6 is 0 Å². The van der Waals surface area contributed by atoms with Crippen LogP contribution in [-0.4, -0.2) is 19.1 Å². The molecule has 2 N–H and O–H groups in total. The SMILES string of the molecule is C.C1=CCCC(n2ccc3c2cc2ccc4cccc5c4c2c3n5C2NC(c3ccccn3)=CC(c3ccccn3)N2)C=C1.CC. The minimum Gasteiger partial charge on any atom is -0.351 e. The monoisotopic (exact) mass is 604 g/mol. The van der Waals surface area contributed by atoms with Gasteiger partial charge in [0.05, 0.1) is 45.7 Å². The molecule has 0 fully saturated rings. The van der Waals surface area contributed by atoms with E-state index in [0.29, 0.717) is 6.04 Å². The van der Waals surface area contributed by atoms with Crippen molar-refractivity contribution in [3.63, 3.8) is 0 Å². The van der Waals surface area contributed by atoms with Gasteiger partial charge in [-0.15, -0.1) is 0 Å². The summed E-state index contributed by atoms with van der Waals surface area (Å²) < 4.78 is 4.92. The van der Waals surface area contributed by atoms with Gasteiger partial charge in [0.1, 0.15) is 0 Å². The topological polar surface area (TPSA) is 59.7 Å². The third kappa shape index (κ3) is 4.77. The summed E-state index contributed by atoms with van der Waals surface area (Å²) in [6.07, 6.45) is 19.0. The second-order valence-corrected chi connectivity index (χ2v) is 11.5. The molecule has 0 amide bonds. The van der Waals surface area contributed by atoms with Crippen LogP contribution in [0.25, 0.3) is 49.2 Å². The fraction of sp³-hybridized carbons (Fsp3) is 0.200. The molecule has 6 heteroatoms. The Morgan fingerprint density at radius 1 is 0.804 bits per heavy atom. The van der Waals surface area contributed by atoms with E-state index in [2.05, 4.69) is 111 Å². The molecule has 3 unspecified atom stereocenters. The first kappa shape index (κ1) is 29.5. The summed E-state index contributed by atoms with van der Waals surface area (Å²) in [5.41, 5.74) is 6.56. The molecule has 46 heavy (non-hydrogen) atoms. The smallest absolute Gasteiger partial charge is 0.160 e. The summed E-state index contributed by atoms with van der Waals surface area (Å²) in [5, 5.41) is 14.1. The van der Waals surface area contributed by atoms with Crippen LogP contribution in [0.2, 0.25) is 0 Å². The zero-order chi connectivity index (χ0) is 30.3. The standard InChI is InChI=1S/C37H30N6.C2H6.CH4/c1-2-4-12-26(11-3-1)42-21-18-27-33(42)22-25-17-16-24-10-9-15-32-34(24)35(25)36(27)43(32)37-40-30(28-13-5-7-19-38-28)23-31(41-37)29-14-6-8-20-39-29;1-2;/h1-3,5-11,13-23,26,30,37,40-41H,4,12H2;1-2H3;1H4. The molecule has 9 rings (SSSR count). The van der Waals surface area contributed by atoms with Gasteiger partial charge in [-0.1, -0.05) is 82.0 Å². The number of aromatic nitrogens is 4. The van der Waals surface area contributed by atoms with Gasteiger partial charge in [0.15, 0.2) is 6.29 Å². The quantitative estimate of drug-likeness (QED) is 0.196. The predicted octanol–water partition coefficient (Wildman–Crippen LogP) is 9.67. The Balaban J connectivity index is 0.00000111. The van der Waals surface area contributed by atoms with Gasteiger partial charge in [0, 0.05) is 34.7 Å². The van der Waals surface area contributed by atoms with Crippen molar-refractivity contribution in [2.45, 2.75) is 52.5 Å². The van der Waals surface area contributed by atoms with Crippen molar-refractivity contribution in [1.29, 1.82) is 0 Å². The van der Waals surface area contributed by atoms with Crippen molar-refractivity contribution in [3.05, 3.63) is 139 Å². The van der Waals surface area contributed by atoms with Crippen molar-refractivity contribution in [2.75, 3.05) is 0 Å². The highest BCUT2D eigenvalue weighted by molar-refractivity contribution is 6.29. The van der Waals surface area contributed by atoms with Crippen molar-refractivity contribution in [2.24, 2.45) is 0 Å². The van der Waals surface area contributed by atoms with Crippen molar-refractivity contribution < 1.29 is 0 Å². The van der Waals surface area contributed by atoms with Crippen molar-refractivity contribution in [1.82, 2.24) is 29.7 Å². The number of hydrogen-bond acceptors (Lipinski definition) is 4. The molecular weight excluding hydrogens is 564 g/mol. The molecule has 0 radical (unpaired) electrons. The van der Waals surface area contributed by atoms with Crippen LogP contribution < -0.4 is 10.6 Å². The van der Waals surface area contributed by atoms with Crippen molar-refractivity contribution >= 4 is 49.2 Å². The average molecular weight is 605 g/mol. The van der Waals surface area contributed by atoms with Crippen LogP contribution in [0.5, 0.6) is 0 Å². The van der Waals surface area contributed by atoms with Crippen LogP contribution in [0.1, 0.15) is 63.9 Å². The fourth-order valence-electron chi connectivity index (χ4n) is 7.11. The van der Waals surface area contributed by atoms with E-state index < -0.39 is 0 Å². The van der Waals surface area contributed by atoms with Crippen LogP contribution in [0.3, 0.4) is 0 Å². The molecule has 0 bridgehead atoms. The number of allylic oxidation sites excluding steroid dienone is 4. The summed E-state index contributed by atoms with van der Waals surface area (Å²) in [4.78, 5) is 9.44. The highest BCUT2D eigenvalue weighted by Crippen LogP contribution is 2.44. The van der Waals surface area contributed by atoms with E-state index in [9.17, 15) is 0 Å². The number of nitrogens with zero attached hydrogens (tertiary/aromatic N) is 4. The Morgan fingerprint density at radius 2 is 1.65 bits per heavy atom. The minimum absolute atomic E-state index is 0. The second kappa shape index (κ2) is 12.3. The highest BCUT2D eigenvalue weighted by Gasteiger charge is 2.30. The lowest BCUT2D eigenvalue weighted by molar-refractivity contribution is 0.347. The lowest BCUT2D eigenvalue weighted by Crippen LogP contribution is -2.43. The third-order valence-corrected chi connectivity index (χ3v) is 9.03. The zero-order valence-electron chi connectivity index (χ0n) is 25.6. The van der Waals surface area contributed by atoms with Crippen LogP contribution in [0.15, 0.2) is 128 Å². The highest BCUT2D eigenvalue weighted by atomic mass is 15.3. The largest absolute Gasteiger partial charge is 0.351 e. The summed E-state index contributed by atoms with van der Waals surface area (Å²) in [6, 6.07) is 28.3. The molecule has 5 heterocycles. The number of rotatable bonds is 4. The lowest BCUT2D eigenvalue weighted by Gasteiger charge is -2.34. The van der Waals surface area contributed by atoms with Crippen LogP contribution in [0, 0.1) is 0 Å². The summed E-state index contributed by atoms with van der Waals surface area (Å²) in [7, 11) is 0. The van der Waals surface area contributed by atoms with Crippen LogP contribution in [0.4, 0.5) is 0 Å². The first-order valence-electron chi connectivity index (χ1n) is 16.0. The zero-order valence-corrected chi connectivity index (χ0v) is 25.6. The molecule has 2 aliphatic rings. The third-order valence-electron chi connectivity index (χ3n) is 9.03. The maximum Gasteiger partial charge on any atom is 0.160 e. The number of hydrogen-bond donors (Lipinski definition) is 2. The van der Waals surface area contributed by atoms with E-state index in [0.717, 1.165) is 29.9 Å². The number of benzene rings is 3. The molecule has 3 aromatic carbocycles. The molecule has 7 aromatic rings. The van der Waals surface area contributed by atoms with Gasteiger partial charge in [-0.2, -0.15) is 0 Å². The first-order chi connectivity index (χ1) is 22.3. The maximum atomic E-state index is 4.73. The summed E-state index contributed by atoms with van der Waals surface area (Å²) in [5.74, 6) is 0. The second-order valence-electron chi connectivity index (χ2n) is 11.5. The van der Waals surface area contributed by atoms with E-state index in [1.165, 1.54) is 43.5 Å². The summed E-state index contributed by atoms with van der Waals surface area (Å²) >= 11 is 0. The fourth-order valence-corrected chi connectivity index (χ4v) is 7.11. The molecule has 3 atom stereocenters. The average Bonchev–Trinajstić information content (AvgIpc) is 3.57. The maximum absolute atomic E-state index is 4.73. The Kier molecular flexibility index (Phi) is 7.89. The molecule has 0 saturated carbocycles. The Labute approximate surface area is 270 Å². The molecule has 6 nitrogen and oxygen atoms in total. The van der Waals surface area contributed by atoms with E-state index in [-0.39, 0.29) is 19.8 Å². The van der Waals surface area contributed by atoms with Gasteiger partial charge >= 0.3 is 0 Å². The number of pyridine rings is 2. The molecule has 0 saturated heterocycles. The van der Waals surface area contributed by atoms with Gasteiger partial charge in [-0.05, 0) is 72.2 Å². The Morgan fingerprint density at radius 3 is 2.48 bits per heavy atom. The molecular formula is C40H40N6. The van der Waals surface area contributed by atoms with Gasteiger partial charge in [0.2, 0.25) is 0 Å². The van der Waals surface area contributed by atoms with Crippen molar-refractivity contribution in [3.8, 4) is 0 Å². The Bertz CT molecular complexity index is 2200. The molecule has 230 valence electrons. The molecule has 1 aliphatic carbocycles. The van der Waals surface area contributed by atoms with E-state index >= 15 is 0 Å². The van der Waals surface area contributed by atoms with E-state index in [1.54, 1.807) is 0 Å². The lowest BCUT2D eigenvalue weighted by atomic mass is 10.0. The van der Waals surface area contributed by atoms with Gasteiger partial charge in [-0.3, -0.25) is 15.3 Å². The van der Waals surface area contributed by atoms with Crippen LogP contribution in [-0.2, 0) is 0 Å². The Hall–Kier alpha value is -5.20. The normalized spacial score (nSPS) is 19.4. The molecule has 1 aliphatic heterocycles. The van der Waals surface area contributed by atoms with Gasteiger partial charge in [0.25, 0.3) is 0 Å². The molecule has 4 aromatic heterocycles. The van der Waals surface area contributed by atoms with Gasteiger partial charge < -0.3 is 14.5 Å². The number of fused-ring (bicyclic) bond motifs is 2. The van der Waals surface area contributed by atoms with E-state index in [4.69, 9.17) is 9.97 Å². The molecule has 0 spiro atoms. The summed E-state index contributed by atoms with van der Waals surface area (Å²) in [6.45, 7) is 4.00.